The Morgan fingerprint density at radius 3 is 2.33 bits per heavy atom. The van der Waals surface area contributed by atoms with Gasteiger partial charge in [-0.05, 0) is 34.6 Å². The molecule has 12 heavy (non-hydrogen) atoms. The van der Waals surface area contributed by atoms with E-state index in [1.54, 1.807) is 20.8 Å². The van der Waals surface area contributed by atoms with Crippen LogP contribution in [0.1, 0.15) is 34.6 Å². The smallest absolute Gasteiger partial charge is 0.161 e. The third-order valence-corrected chi connectivity index (χ3v) is 1.71. The summed E-state index contributed by atoms with van der Waals surface area (Å²) >= 11 is 0. The molecular formula is C9H18O3. The highest BCUT2D eigenvalue weighted by Crippen LogP contribution is 2.13. The quantitative estimate of drug-likeness (QED) is 0.596. The van der Waals surface area contributed by atoms with Crippen molar-refractivity contribution in [3.8, 4) is 0 Å². The minimum atomic E-state index is -0.741. The minimum absolute atomic E-state index is 0.00838. The molecule has 1 unspecified atom stereocenters. The molecule has 0 heterocycles. The Morgan fingerprint density at radius 1 is 1.50 bits per heavy atom. The Balaban J connectivity index is 3.96. The van der Waals surface area contributed by atoms with Crippen molar-refractivity contribution in [1.29, 1.82) is 0 Å². The van der Waals surface area contributed by atoms with Crippen LogP contribution in [0.3, 0.4) is 0 Å². The van der Waals surface area contributed by atoms with Gasteiger partial charge in [0, 0.05) is 6.61 Å². The van der Waals surface area contributed by atoms with Crippen LogP contribution in [-0.2, 0) is 14.3 Å². The van der Waals surface area contributed by atoms with Crippen molar-refractivity contribution in [1.82, 2.24) is 0 Å². The molecule has 0 amide bonds. The molecule has 0 saturated carbocycles. The van der Waals surface area contributed by atoms with E-state index in [1.807, 2.05) is 6.92 Å². The molecule has 0 aromatic heterocycles. The van der Waals surface area contributed by atoms with E-state index in [0.29, 0.717) is 6.61 Å². The van der Waals surface area contributed by atoms with Gasteiger partial charge in [0.15, 0.2) is 12.1 Å². The van der Waals surface area contributed by atoms with E-state index in [0.717, 1.165) is 0 Å². The molecule has 0 aliphatic heterocycles. The Kier molecular flexibility index (Phi) is 4.42. The third-order valence-electron chi connectivity index (χ3n) is 1.71. The van der Waals surface area contributed by atoms with Crippen LogP contribution in [0.15, 0.2) is 0 Å². The number of ketones is 1. The molecule has 0 aliphatic carbocycles. The summed E-state index contributed by atoms with van der Waals surface area (Å²) in [7, 11) is 0. The van der Waals surface area contributed by atoms with Gasteiger partial charge in [0.1, 0.15) is 5.60 Å². The molecule has 1 atom stereocenters. The Bertz CT molecular complexity index is 152. The summed E-state index contributed by atoms with van der Waals surface area (Å²) in [5.74, 6) is 0.00838. The number of Topliss-reactive ketones (excluding diaryl/α,β-unsaturated/α-hetero) is 1. The van der Waals surface area contributed by atoms with E-state index in [1.165, 1.54) is 6.92 Å². The normalized spacial score (nSPS) is 14.4. The highest BCUT2D eigenvalue weighted by molar-refractivity contribution is 5.83. The largest absolute Gasteiger partial charge is 0.353 e. The van der Waals surface area contributed by atoms with Gasteiger partial charge in [-0.15, -0.1) is 0 Å². The highest BCUT2D eigenvalue weighted by Gasteiger charge is 2.26. The fourth-order valence-corrected chi connectivity index (χ4v) is 0.767. The average Bonchev–Trinajstić information content (AvgIpc) is 1.85. The molecule has 0 bridgehead atoms. The summed E-state index contributed by atoms with van der Waals surface area (Å²) in [4.78, 5) is 11.0. The van der Waals surface area contributed by atoms with Gasteiger partial charge in [0.2, 0.25) is 0 Å². The predicted molar refractivity (Wildman–Crippen MR) is 46.9 cm³/mol. The van der Waals surface area contributed by atoms with Gasteiger partial charge in [-0.2, -0.15) is 0 Å². The van der Waals surface area contributed by atoms with Crippen LogP contribution in [0.25, 0.3) is 0 Å². The molecule has 0 saturated heterocycles. The molecule has 0 fully saturated rings. The SMILES string of the molecule is CCOC(C)OC(C)(C)C(C)=O. The predicted octanol–water partition coefficient (Wildman–Crippen LogP) is 1.75. The highest BCUT2D eigenvalue weighted by atomic mass is 16.7. The number of rotatable bonds is 5. The van der Waals surface area contributed by atoms with Crippen molar-refractivity contribution in [3.05, 3.63) is 0 Å². The van der Waals surface area contributed by atoms with Gasteiger partial charge < -0.3 is 9.47 Å². The molecule has 0 aromatic rings. The average molecular weight is 174 g/mol. The summed E-state index contributed by atoms with van der Waals surface area (Å²) in [6, 6.07) is 0. The van der Waals surface area contributed by atoms with Gasteiger partial charge in [-0.1, -0.05) is 0 Å². The Labute approximate surface area is 74.0 Å². The molecule has 3 nitrogen and oxygen atoms in total. The fourth-order valence-electron chi connectivity index (χ4n) is 0.767. The van der Waals surface area contributed by atoms with E-state index in [-0.39, 0.29) is 12.1 Å². The fraction of sp³-hybridized carbons (Fsp3) is 0.889. The first kappa shape index (κ1) is 11.6. The molecule has 0 aliphatic rings. The second-order valence-electron chi connectivity index (χ2n) is 3.21. The third kappa shape index (κ3) is 3.83. The van der Waals surface area contributed by atoms with Crippen molar-refractivity contribution in [2.45, 2.75) is 46.5 Å². The van der Waals surface area contributed by atoms with Crippen LogP contribution in [0.5, 0.6) is 0 Å². The molecule has 0 rings (SSSR count). The number of hydrogen-bond donors (Lipinski definition) is 0. The summed E-state index contributed by atoms with van der Waals surface area (Å²) in [5.41, 5.74) is -0.741. The number of hydrogen-bond acceptors (Lipinski definition) is 3. The monoisotopic (exact) mass is 174 g/mol. The van der Waals surface area contributed by atoms with Gasteiger partial charge >= 0.3 is 0 Å². The second-order valence-corrected chi connectivity index (χ2v) is 3.21. The maximum absolute atomic E-state index is 11.0. The lowest BCUT2D eigenvalue weighted by atomic mass is 10.1. The van der Waals surface area contributed by atoms with Crippen molar-refractivity contribution >= 4 is 5.78 Å². The number of carbonyl (C=O) groups is 1. The maximum Gasteiger partial charge on any atom is 0.161 e. The van der Waals surface area contributed by atoms with Gasteiger partial charge in [0.25, 0.3) is 0 Å². The van der Waals surface area contributed by atoms with E-state index in [2.05, 4.69) is 0 Å². The first-order valence-electron chi connectivity index (χ1n) is 4.20. The van der Waals surface area contributed by atoms with E-state index < -0.39 is 5.60 Å². The molecule has 0 spiro atoms. The molecule has 0 radical (unpaired) electrons. The van der Waals surface area contributed by atoms with E-state index in [4.69, 9.17) is 9.47 Å². The Morgan fingerprint density at radius 2 is 2.00 bits per heavy atom. The first-order valence-corrected chi connectivity index (χ1v) is 4.20. The summed E-state index contributed by atoms with van der Waals surface area (Å²) in [5, 5.41) is 0. The summed E-state index contributed by atoms with van der Waals surface area (Å²) < 4.78 is 10.5. The first-order chi connectivity index (χ1) is 5.40. The van der Waals surface area contributed by atoms with E-state index in [9.17, 15) is 4.79 Å². The van der Waals surface area contributed by atoms with E-state index >= 15 is 0 Å². The molecule has 0 aromatic carbocycles. The van der Waals surface area contributed by atoms with Crippen LogP contribution < -0.4 is 0 Å². The van der Waals surface area contributed by atoms with Crippen molar-refractivity contribution in [3.63, 3.8) is 0 Å². The van der Waals surface area contributed by atoms with Crippen LogP contribution in [0, 0.1) is 0 Å². The van der Waals surface area contributed by atoms with Gasteiger partial charge in [-0.25, -0.2) is 0 Å². The zero-order chi connectivity index (χ0) is 9.78. The van der Waals surface area contributed by atoms with Crippen molar-refractivity contribution < 1.29 is 14.3 Å². The molecule has 3 heteroatoms. The zero-order valence-electron chi connectivity index (χ0n) is 8.51. The second kappa shape index (κ2) is 4.58. The topological polar surface area (TPSA) is 35.5 Å². The number of carbonyl (C=O) groups excluding carboxylic acids is 1. The number of ether oxygens (including phenoxy) is 2. The standard InChI is InChI=1S/C9H18O3/c1-6-11-8(3)12-9(4,5)7(2)10/h8H,6H2,1-5H3. The van der Waals surface area contributed by atoms with Crippen LogP contribution >= 0.6 is 0 Å². The lowest BCUT2D eigenvalue weighted by Gasteiger charge is -2.26. The minimum Gasteiger partial charge on any atom is -0.353 e. The van der Waals surface area contributed by atoms with Crippen molar-refractivity contribution in [2.24, 2.45) is 0 Å². The van der Waals surface area contributed by atoms with Crippen LogP contribution in [-0.4, -0.2) is 24.3 Å². The summed E-state index contributed by atoms with van der Waals surface area (Å²) in [6.07, 6.45) is -0.325. The van der Waals surface area contributed by atoms with Gasteiger partial charge in [-0.3, -0.25) is 4.79 Å². The van der Waals surface area contributed by atoms with Gasteiger partial charge in [0.05, 0.1) is 0 Å². The Hall–Kier alpha value is -0.410. The lowest BCUT2D eigenvalue weighted by molar-refractivity contribution is -0.192. The van der Waals surface area contributed by atoms with Crippen molar-refractivity contribution in [2.75, 3.05) is 6.61 Å². The van der Waals surface area contributed by atoms with Crippen LogP contribution in [0.2, 0.25) is 0 Å². The maximum atomic E-state index is 11.0. The molecule has 72 valence electrons. The van der Waals surface area contributed by atoms with Crippen LogP contribution in [0.4, 0.5) is 0 Å². The summed E-state index contributed by atoms with van der Waals surface area (Å²) in [6.45, 7) is 9.26. The zero-order valence-corrected chi connectivity index (χ0v) is 8.51. The molecular weight excluding hydrogens is 156 g/mol. The lowest BCUT2D eigenvalue weighted by Crippen LogP contribution is -2.37. The molecule has 0 N–H and O–H groups in total.